The van der Waals surface area contributed by atoms with Crippen molar-refractivity contribution in [1.82, 2.24) is 19.5 Å². The summed E-state index contributed by atoms with van der Waals surface area (Å²) in [6.07, 6.45) is -0.703. The number of carbonyl (C=O) groups excluding carboxylic acids is 3. The molecule has 6 heterocycles. The third-order valence-electron chi connectivity index (χ3n) is 13.9. The largest absolute Gasteiger partial charge is 0.507 e. The molecule has 0 saturated carbocycles. The molecule has 1 saturated heterocycles. The van der Waals surface area contributed by atoms with Gasteiger partial charge in [-0.05, 0) is 19.9 Å². The number of aliphatic hydroxyl groups is 5. The van der Waals surface area contributed by atoms with Gasteiger partial charge in [0.15, 0.2) is 29.0 Å². The second-order valence-corrected chi connectivity index (χ2v) is 18.8. The topological polar surface area (TPSA) is 356 Å². The number of nitrogens with two attached hydrogens (primary N) is 1. The first-order valence-electron chi connectivity index (χ1n) is 23.4. The highest BCUT2D eigenvalue weighted by Crippen LogP contribution is 2.55. The number of allylic oxidation sites excluding steroid dienone is 2. The molecule has 0 unspecified atom stereocenters. The summed E-state index contributed by atoms with van der Waals surface area (Å²) in [4.78, 5) is 54.0. The number of hydrogen-bond acceptors (Lipinski definition) is 22. The maximum atomic E-state index is 14.7. The van der Waals surface area contributed by atoms with Gasteiger partial charge >= 0.3 is 11.8 Å². The first-order valence-corrected chi connectivity index (χ1v) is 23.4. The van der Waals surface area contributed by atoms with E-state index < -0.39 is 142 Å². The van der Waals surface area contributed by atoms with Crippen LogP contribution in [0.2, 0.25) is 0 Å². The van der Waals surface area contributed by atoms with E-state index in [0.29, 0.717) is 0 Å². The van der Waals surface area contributed by atoms with Crippen molar-refractivity contribution < 1.29 is 78.9 Å². The van der Waals surface area contributed by atoms with Crippen LogP contribution in [0.5, 0.6) is 23.0 Å². The van der Waals surface area contributed by atoms with Gasteiger partial charge in [-0.2, -0.15) is 5.10 Å². The second-order valence-electron chi connectivity index (χ2n) is 18.8. The van der Waals surface area contributed by atoms with Crippen molar-refractivity contribution in [2.75, 3.05) is 36.8 Å². The molecule has 394 valence electrons. The highest BCUT2D eigenvalue weighted by atomic mass is 16.7. The zero-order valence-corrected chi connectivity index (χ0v) is 41.8. The van der Waals surface area contributed by atoms with Crippen molar-refractivity contribution in [2.45, 2.75) is 110 Å². The molecule has 5 bridgehead atoms. The van der Waals surface area contributed by atoms with Crippen LogP contribution in [-0.4, -0.2) is 154 Å². The highest BCUT2D eigenvalue weighted by molar-refractivity contribution is 6.24. The van der Waals surface area contributed by atoms with Crippen molar-refractivity contribution in [3.05, 3.63) is 59.2 Å². The minimum Gasteiger partial charge on any atom is -0.507 e. The Morgan fingerprint density at radius 1 is 0.973 bits per heavy atom. The highest BCUT2D eigenvalue weighted by Gasteiger charge is 2.50. The number of aromatic hydroxyl groups is 3. The Morgan fingerprint density at radius 3 is 2.32 bits per heavy atom. The van der Waals surface area contributed by atoms with Gasteiger partial charge in [-0.3, -0.25) is 19.0 Å². The van der Waals surface area contributed by atoms with E-state index in [1.54, 1.807) is 33.8 Å². The first-order chi connectivity index (χ1) is 34.4. The van der Waals surface area contributed by atoms with Crippen LogP contribution in [0.1, 0.15) is 76.2 Å². The predicted octanol–water partition coefficient (Wildman–Crippen LogP) is 2.56. The number of phenolic OH excluding ortho intramolecular Hbond substituents is 3. The number of aliphatic hydroxyl groups excluding tert-OH is 5. The van der Waals surface area contributed by atoms with E-state index in [0.717, 1.165) is 23.8 Å². The van der Waals surface area contributed by atoms with Gasteiger partial charge in [0.05, 0.1) is 59.6 Å². The van der Waals surface area contributed by atoms with Gasteiger partial charge in [0, 0.05) is 68.2 Å². The lowest BCUT2D eigenvalue weighted by Crippen LogP contribution is -2.46. The van der Waals surface area contributed by atoms with Gasteiger partial charge < -0.3 is 75.6 Å². The zero-order valence-electron chi connectivity index (χ0n) is 41.8. The van der Waals surface area contributed by atoms with Crippen LogP contribution in [-0.2, 0) is 28.5 Å². The number of Topliss-reactive ketones (excluding diaryl/α,β-unsaturated/α-hetero) is 1. The van der Waals surface area contributed by atoms with E-state index in [2.05, 4.69) is 25.4 Å². The van der Waals surface area contributed by atoms with Gasteiger partial charge in [-0.25, -0.2) is 20.0 Å². The summed E-state index contributed by atoms with van der Waals surface area (Å²) in [6, 6.07) is 0. The van der Waals surface area contributed by atoms with Crippen molar-refractivity contribution in [3.8, 4) is 23.0 Å². The van der Waals surface area contributed by atoms with Gasteiger partial charge in [-0.15, -0.1) is 0 Å². The molecule has 24 heteroatoms. The summed E-state index contributed by atoms with van der Waals surface area (Å²) in [5, 5.41) is 98.4. The molecule has 11 N–H and O–H groups in total. The Balaban J connectivity index is 1.41. The standard InChI is InChI=1S/C49H62N8O16/c1-19-12-11-13-20(2)46(68)54-32-26(16-53-56(9)48-55-33-44(50)51-18-52-45(33)57(48)47-40(66)38(64)28(17-58)72-47)37(63)29-30(39(32)65)36(62)24(6)42-31(29)43(67)49(8,73-42)70-15-14-27(69-10)21(3)41(71-25(7)59)23(5)35(61)22(4)34(19)60/h11-16,18-19,21-23,27-28,34-35,38,40-41,47,58,60-66H,17H2,1-10H3,(H,54,68)(H2,50,51,52)/b12-11+,15-14+,20-13-,53-16-/t19-,21-,22-,23-,27+,28-,34+,35-,38-,40-,41-,47-,49+/m1/s1. The number of ether oxygens (including phenoxy) is 5. The maximum Gasteiger partial charge on any atom is 0.312 e. The summed E-state index contributed by atoms with van der Waals surface area (Å²) in [5.41, 5.74) is 4.99. The van der Waals surface area contributed by atoms with Crippen molar-refractivity contribution in [1.29, 1.82) is 0 Å². The molecule has 0 aliphatic carbocycles. The van der Waals surface area contributed by atoms with Crippen LogP contribution in [0.4, 0.5) is 17.5 Å². The van der Waals surface area contributed by atoms with Crippen LogP contribution in [0.15, 0.2) is 47.6 Å². The lowest BCUT2D eigenvalue weighted by molar-refractivity contribution is -0.160. The zero-order chi connectivity index (χ0) is 53.7. The molecule has 0 radical (unpaired) electrons. The van der Waals surface area contributed by atoms with Crippen LogP contribution in [0.25, 0.3) is 21.9 Å². The molecule has 0 spiro atoms. The van der Waals surface area contributed by atoms with Gasteiger partial charge in [0.2, 0.25) is 5.95 Å². The number of nitrogens with one attached hydrogen (secondary N) is 1. The number of benzene rings is 2. The van der Waals surface area contributed by atoms with Crippen LogP contribution in [0, 0.1) is 30.6 Å². The lowest BCUT2D eigenvalue weighted by atomic mass is 9.78. The minimum absolute atomic E-state index is 0.0278. The Labute approximate surface area is 418 Å². The molecule has 4 aromatic rings. The molecule has 2 aromatic heterocycles. The Bertz CT molecular complexity index is 2940. The molecule has 1 amide bonds. The normalized spacial score (nSPS) is 31.8. The first kappa shape index (κ1) is 53.9. The average molecular weight is 1020 g/mol. The summed E-state index contributed by atoms with van der Waals surface area (Å²) in [6.45, 7) is 11.5. The SMILES string of the molecule is CO[C@H]1/C=C/O[C@@]2(C)Oc3c(C)c(O)c4c(O)c(c(/C=N\N(C)c5nc6c(N)ncnc6n5[C@@H]5O[C@H](CO)[C@@H](O)[C@H]5O)c(O)c4c3C2=O)NC(=O)/C(C)=C\C=C\[C@@H](C)[C@H](O)[C@@H](C)[C@@H](O)[C@@H](C)[C@H](OC(C)=O)[C@@H]1C. The Hall–Kier alpha value is -6.93. The monoisotopic (exact) mass is 1020 g/mol. The Kier molecular flexibility index (Phi) is 15.4. The fourth-order valence-electron chi connectivity index (χ4n) is 9.54. The number of phenols is 3. The molecule has 73 heavy (non-hydrogen) atoms. The number of hydrazone groups is 1. The third-order valence-corrected chi connectivity index (χ3v) is 13.9. The molecule has 4 aliphatic heterocycles. The molecule has 13 atom stereocenters. The number of hydrogen-bond donors (Lipinski definition) is 10. The average Bonchev–Trinajstić information content (AvgIpc) is 3.98. The number of esters is 1. The summed E-state index contributed by atoms with van der Waals surface area (Å²) >= 11 is 0. The second kappa shape index (κ2) is 20.9. The number of imidazole rings is 1. The van der Waals surface area contributed by atoms with Crippen LogP contribution >= 0.6 is 0 Å². The number of aromatic nitrogens is 4. The summed E-state index contributed by atoms with van der Waals surface area (Å²) in [5.74, 6) is -9.96. The maximum absolute atomic E-state index is 14.7. The van der Waals surface area contributed by atoms with Gasteiger partial charge in [0.1, 0.15) is 48.0 Å². The third kappa shape index (κ3) is 9.62. The van der Waals surface area contributed by atoms with E-state index in [9.17, 15) is 55.2 Å². The minimum atomic E-state index is -2.18. The number of ketones is 1. The smallest absolute Gasteiger partial charge is 0.312 e. The summed E-state index contributed by atoms with van der Waals surface area (Å²) in [7, 11) is 2.78. The van der Waals surface area contributed by atoms with Gasteiger partial charge in [0.25, 0.3) is 11.7 Å². The molecule has 24 nitrogen and oxygen atoms in total. The van der Waals surface area contributed by atoms with E-state index in [1.165, 1.54) is 64.6 Å². The lowest BCUT2D eigenvalue weighted by Gasteiger charge is -2.38. The predicted molar refractivity (Wildman–Crippen MR) is 263 cm³/mol. The fraction of sp³-hybridized carbons (Fsp3) is 0.490. The summed E-state index contributed by atoms with van der Waals surface area (Å²) < 4.78 is 30.8. The van der Waals surface area contributed by atoms with E-state index >= 15 is 0 Å². The quantitative estimate of drug-likeness (QED) is 0.0418. The number of fused-ring (bicyclic) bond motifs is 15. The molecular weight excluding hydrogens is 957 g/mol. The van der Waals surface area contributed by atoms with E-state index in [-0.39, 0.29) is 45.4 Å². The molecule has 4 aliphatic rings. The van der Waals surface area contributed by atoms with Crippen molar-refractivity contribution >= 4 is 63.3 Å². The molecular formula is C49H62N8O16. The molecule has 8 rings (SSSR count). The number of carbonyl (C=O) groups is 3. The van der Waals surface area contributed by atoms with Gasteiger partial charge in [-0.1, -0.05) is 45.9 Å². The molecule has 1 fully saturated rings. The van der Waals surface area contributed by atoms with Crippen molar-refractivity contribution in [2.24, 2.45) is 28.8 Å². The number of rotatable bonds is 7. The van der Waals surface area contributed by atoms with Crippen LogP contribution < -0.4 is 20.8 Å². The van der Waals surface area contributed by atoms with Crippen LogP contribution in [0.3, 0.4) is 0 Å². The van der Waals surface area contributed by atoms with E-state index in [1.807, 2.05) is 0 Å². The number of methoxy groups -OCH3 is 1. The number of amides is 1. The van der Waals surface area contributed by atoms with Crippen molar-refractivity contribution in [3.63, 3.8) is 0 Å². The number of nitrogens with zero attached hydrogens (tertiary/aromatic N) is 6. The number of nitrogen functional groups attached to an aromatic ring is 1. The fourth-order valence-corrected chi connectivity index (χ4v) is 9.54. The van der Waals surface area contributed by atoms with E-state index in [4.69, 9.17) is 29.4 Å². The Morgan fingerprint density at radius 2 is 1.67 bits per heavy atom. The number of anilines is 3. The molecule has 2 aromatic carbocycles.